The summed E-state index contributed by atoms with van der Waals surface area (Å²) in [6, 6.07) is 13.8. The Balaban J connectivity index is 1.62. The van der Waals surface area contributed by atoms with Gasteiger partial charge in [0.2, 0.25) is 5.91 Å². The molecule has 1 aliphatic rings. The number of nitrogens with zero attached hydrogens (tertiary/aromatic N) is 1. The van der Waals surface area contributed by atoms with E-state index in [4.69, 9.17) is 16.3 Å². The molecule has 1 atom stereocenters. The molecule has 3 rings (SSSR count). The monoisotopic (exact) mass is 358 g/mol. The Morgan fingerprint density at radius 3 is 2.52 bits per heavy atom. The number of carbonyl (C=O) groups excluding carboxylic acids is 2. The van der Waals surface area contributed by atoms with Crippen LogP contribution in [0.5, 0.6) is 5.75 Å². The maximum absolute atomic E-state index is 12.4. The summed E-state index contributed by atoms with van der Waals surface area (Å²) >= 11 is 5.88. The molecule has 0 radical (unpaired) electrons. The highest BCUT2D eigenvalue weighted by Crippen LogP contribution is 2.23. The molecule has 5 nitrogen and oxygen atoms in total. The summed E-state index contributed by atoms with van der Waals surface area (Å²) in [5.41, 5.74) is 1.33. The lowest BCUT2D eigenvalue weighted by Crippen LogP contribution is -2.37. The Bertz CT molecular complexity index is 759. The van der Waals surface area contributed by atoms with Gasteiger partial charge in [0.05, 0.1) is 12.6 Å². The van der Waals surface area contributed by atoms with E-state index in [1.165, 1.54) is 0 Å². The van der Waals surface area contributed by atoms with Crippen molar-refractivity contribution in [2.24, 2.45) is 0 Å². The first-order valence-electron chi connectivity index (χ1n) is 8.16. The van der Waals surface area contributed by atoms with Crippen LogP contribution in [0.3, 0.4) is 0 Å². The van der Waals surface area contributed by atoms with Crippen molar-refractivity contribution in [2.75, 3.05) is 18.1 Å². The first-order chi connectivity index (χ1) is 12.1. The molecule has 6 heteroatoms. The van der Waals surface area contributed by atoms with Gasteiger partial charge in [-0.3, -0.25) is 9.59 Å². The number of benzene rings is 2. The molecule has 0 aromatic heterocycles. The number of rotatable bonds is 5. The number of carbonyl (C=O) groups is 2. The van der Waals surface area contributed by atoms with Gasteiger partial charge in [0.1, 0.15) is 5.75 Å². The number of anilines is 1. The number of amides is 2. The third-order valence-electron chi connectivity index (χ3n) is 4.03. The number of hydrogen-bond donors (Lipinski definition) is 1. The van der Waals surface area contributed by atoms with Crippen LogP contribution in [0, 0.1) is 0 Å². The molecule has 2 aromatic carbocycles. The van der Waals surface area contributed by atoms with Crippen LogP contribution < -0.4 is 15.0 Å². The van der Waals surface area contributed by atoms with E-state index >= 15 is 0 Å². The highest BCUT2D eigenvalue weighted by atomic mass is 35.5. The van der Waals surface area contributed by atoms with E-state index in [1.807, 2.05) is 6.92 Å². The summed E-state index contributed by atoms with van der Waals surface area (Å²) < 4.78 is 5.37. The molecular weight excluding hydrogens is 340 g/mol. The summed E-state index contributed by atoms with van der Waals surface area (Å²) in [7, 11) is 0. The molecule has 1 aliphatic heterocycles. The van der Waals surface area contributed by atoms with Gasteiger partial charge in [-0.2, -0.15) is 0 Å². The van der Waals surface area contributed by atoms with Crippen molar-refractivity contribution in [3.8, 4) is 5.75 Å². The van der Waals surface area contributed by atoms with Gasteiger partial charge in [0.25, 0.3) is 5.91 Å². The summed E-state index contributed by atoms with van der Waals surface area (Å²) in [6.45, 7) is 2.93. The second-order valence-electron chi connectivity index (χ2n) is 5.81. The maximum Gasteiger partial charge on any atom is 0.251 e. The topological polar surface area (TPSA) is 58.6 Å². The Morgan fingerprint density at radius 1 is 1.20 bits per heavy atom. The highest BCUT2D eigenvalue weighted by molar-refractivity contribution is 6.30. The van der Waals surface area contributed by atoms with E-state index in [9.17, 15) is 9.59 Å². The van der Waals surface area contributed by atoms with Crippen LogP contribution in [-0.2, 0) is 4.79 Å². The van der Waals surface area contributed by atoms with Crippen LogP contribution >= 0.6 is 11.6 Å². The lowest BCUT2D eigenvalue weighted by molar-refractivity contribution is -0.117. The molecule has 1 heterocycles. The lowest BCUT2D eigenvalue weighted by atomic mass is 10.2. The van der Waals surface area contributed by atoms with Gasteiger partial charge in [-0.1, -0.05) is 11.6 Å². The fraction of sp³-hybridized carbons (Fsp3) is 0.263. The molecule has 0 spiro atoms. The predicted octanol–water partition coefficient (Wildman–Crippen LogP) is 3.27. The molecule has 1 fully saturated rings. The fourth-order valence-electron chi connectivity index (χ4n) is 2.81. The largest absolute Gasteiger partial charge is 0.494 e. The number of ether oxygens (including phenoxy) is 1. The molecule has 0 aliphatic carbocycles. The van der Waals surface area contributed by atoms with Gasteiger partial charge in [-0.25, -0.2) is 0 Å². The standard InChI is InChI=1S/C19H19ClN2O3/c1-2-25-17-9-3-13(4-10-17)19(24)21-15-11-18(23)22(12-15)16-7-5-14(20)6-8-16/h3-10,15H,2,11-12H2,1H3,(H,21,24)/t15-/m1/s1. The first-order valence-corrected chi connectivity index (χ1v) is 8.54. The molecule has 2 aromatic rings. The van der Waals surface area contributed by atoms with Crippen LogP contribution in [0.2, 0.25) is 5.02 Å². The normalized spacial score (nSPS) is 16.8. The summed E-state index contributed by atoms with van der Waals surface area (Å²) in [4.78, 5) is 26.3. The third-order valence-corrected chi connectivity index (χ3v) is 4.28. The summed E-state index contributed by atoms with van der Waals surface area (Å²) in [5, 5.41) is 3.54. The minimum Gasteiger partial charge on any atom is -0.494 e. The first kappa shape index (κ1) is 17.3. The molecule has 2 amide bonds. The zero-order valence-corrected chi connectivity index (χ0v) is 14.6. The van der Waals surface area contributed by atoms with Crippen LogP contribution in [0.15, 0.2) is 48.5 Å². The van der Waals surface area contributed by atoms with E-state index in [-0.39, 0.29) is 24.3 Å². The SMILES string of the molecule is CCOc1ccc(C(=O)N[C@@H]2CC(=O)N(c3ccc(Cl)cc3)C2)cc1. The molecule has 0 bridgehead atoms. The van der Waals surface area contributed by atoms with Crippen LogP contribution in [0.1, 0.15) is 23.7 Å². The Morgan fingerprint density at radius 2 is 1.88 bits per heavy atom. The van der Waals surface area contributed by atoms with Crippen molar-refractivity contribution in [3.05, 3.63) is 59.1 Å². The maximum atomic E-state index is 12.4. The Hall–Kier alpha value is -2.53. The van der Waals surface area contributed by atoms with Crippen molar-refractivity contribution in [2.45, 2.75) is 19.4 Å². The molecule has 0 unspecified atom stereocenters. The zero-order valence-electron chi connectivity index (χ0n) is 13.9. The van der Waals surface area contributed by atoms with Crippen molar-refractivity contribution in [1.82, 2.24) is 5.32 Å². The molecule has 130 valence electrons. The minimum absolute atomic E-state index is 0.0145. The molecule has 0 saturated carbocycles. The summed E-state index contributed by atoms with van der Waals surface area (Å²) in [6.07, 6.45) is 0.283. The quantitative estimate of drug-likeness (QED) is 0.892. The third kappa shape index (κ3) is 4.12. The average molecular weight is 359 g/mol. The van der Waals surface area contributed by atoms with Crippen molar-refractivity contribution in [1.29, 1.82) is 0 Å². The Labute approximate surface area is 151 Å². The molecule has 1 saturated heterocycles. The van der Waals surface area contributed by atoms with Crippen LogP contribution in [0.25, 0.3) is 0 Å². The van der Waals surface area contributed by atoms with Crippen molar-refractivity contribution >= 4 is 29.1 Å². The van der Waals surface area contributed by atoms with Crippen molar-refractivity contribution < 1.29 is 14.3 Å². The van der Waals surface area contributed by atoms with Gasteiger partial charge in [0, 0.05) is 29.2 Å². The second-order valence-corrected chi connectivity index (χ2v) is 6.25. The van der Waals surface area contributed by atoms with Crippen LogP contribution in [0.4, 0.5) is 5.69 Å². The molecule has 25 heavy (non-hydrogen) atoms. The zero-order chi connectivity index (χ0) is 17.8. The van der Waals surface area contributed by atoms with E-state index < -0.39 is 0 Å². The van der Waals surface area contributed by atoms with Gasteiger partial charge in [-0.05, 0) is 55.5 Å². The van der Waals surface area contributed by atoms with E-state index in [1.54, 1.807) is 53.4 Å². The van der Waals surface area contributed by atoms with E-state index in [0.29, 0.717) is 23.7 Å². The lowest BCUT2D eigenvalue weighted by Gasteiger charge is -2.17. The minimum atomic E-state index is -0.220. The number of halogens is 1. The van der Waals surface area contributed by atoms with Gasteiger partial charge in [-0.15, -0.1) is 0 Å². The number of nitrogens with one attached hydrogen (secondary N) is 1. The van der Waals surface area contributed by atoms with Gasteiger partial charge < -0.3 is 15.0 Å². The van der Waals surface area contributed by atoms with Crippen molar-refractivity contribution in [3.63, 3.8) is 0 Å². The second kappa shape index (κ2) is 7.57. The number of hydrogen-bond acceptors (Lipinski definition) is 3. The highest BCUT2D eigenvalue weighted by Gasteiger charge is 2.31. The van der Waals surface area contributed by atoms with E-state index in [0.717, 1.165) is 11.4 Å². The average Bonchev–Trinajstić information content (AvgIpc) is 2.97. The Kier molecular flexibility index (Phi) is 5.24. The molecule has 1 N–H and O–H groups in total. The van der Waals surface area contributed by atoms with Gasteiger partial charge in [0.15, 0.2) is 0 Å². The van der Waals surface area contributed by atoms with E-state index in [2.05, 4.69) is 5.32 Å². The molecular formula is C19H19ClN2O3. The van der Waals surface area contributed by atoms with Crippen LogP contribution in [-0.4, -0.2) is 31.0 Å². The fourth-order valence-corrected chi connectivity index (χ4v) is 2.94. The predicted molar refractivity (Wildman–Crippen MR) is 97.3 cm³/mol. The van der Waals surface area contributed by atoms with Gasteiger partial charge >= 0.3 is 0 Å². The smallest absolute Gasteiger partial charge is 0.251 e. The summed E-state index contributed by atoms with van der Waals surface area (Å²) in [5.74, 6) is 0.516.